The van der Waals surface area contributed by atoms with Gasteiger partial charge < -0.3 is 4.74 Å². The minimum absolute atomic E-state index is 0.0896. The third-order valence-electron chi connectivity index (χ3n) is 3.42. The minimum atomic E-state index is -0.256. The molecule has 0 bridgehead atoms. The number of unbranched alkanes of at least 4 members (excludes halogenated alkanes) is 1. The van der Waals surface area contributed by atoms with E-state index >= 15 is 0 Å². The van der Waals surface area contributed by atoms with Crippen LogP contribution in [-0.4, -0.2) is 18.9 Å². The van der Waals surface area contributed by atoms with Gasteiger partial charge in [-0.15, -0.1) is 0 Å². The number of carbonyl (C=O) groups is 2. The van der Waals surface area contributed by atoms with Crippen molar-refractivity contribution in [2.75, 3.05) is 7.11 Å². The van der Waals surface area contributed by atoms with Crippen LogP contribution in [0.2, 0.25) is 0 Å². The lowest BCUT2D eigenvalue weighted by Gasteiger charge is -2.12. The highest BCUT2D eigenvalue weighted by atomic mass is 16.5. The van der Waals surface area contributed by atoms with Crippen LogP contribution >= 0.6 is 0 Å². The zero-order chi connectivity index (χ0) is 12.8. The second-order valence-corrected chi connectivity index (χ2v) is 4.77. The van der Waals surface area contributed by atoms with Crippen LogP contribution in [0.3, 0.4) is 0 Å². The van der Waals surface area contributed by atoms with Gasteiger partial charge in [0.2, 0.25) is 0 Å². The lowest BCUT2D eigenvalue weighted by atomic mass is 9.93. The van der Waals surface area contributed by atoms with Crippen molar-refractivity contribution in [2.24, 2.45) is 5.92 Å². The summed E-state index contributed by atoms with van der Waals surface area (Å²) in [6, 6.07) is 0. The number of esters is 1. The van der Waals surface area contributed by atoms with E-state index in [-0.39, 0.29) is 17.7 Å². The Balaban J connectivity index is 2.60. The summed E-state index contributed by atoms with van der Waals surface area (Å²) in [6.07, 6.45) is 4.95. The fourth-order valence-corrected chi connectivity index (χ4v) is 2.42. The van der Waals surface area contributed by atoms with Crippen LogP contribution in [0.4, 0.5) is 0 Å². The summed E-state index contributed by atoms with van der Waals surface area (Å²) in [5.41, 5.74) is 1.84. The molecule has 3 nitrogen and oxygen atoms in total. The molecule has 0 saturated heterocycles. The number of ketones is 1. The first-order chi connectivity index (χ1) is 8.10. The Morgan fingerprint density at radius 1 is 1.41 bits per heavy atom. The molecular formula is C14H22O3. The first kappa shape index (κ1) is 13.9. The molecule has 1 rings (SSSR count). The lowest BCUT2D eigenvalue weighted by Crippen LogP contribution is -2.15. The van der Waals surface area contributed by atoms with Gasteiger partial charge >= 0.3 is 5.97 Å². The van der Waals surface area contributed by atoms with Gasteiger partial charge in [-0.2, -0.15) is 0 Å². The van der Waals surface area contributed by atoms with E-state index in [0.717, 1.165) is 36.8 Å². The van der Waals surface area contributed by atoms with Crippen LogP contribution in [0.15, 0.2) is 11.1 Å². The molecule has 17 heavy (non-hydrogen) atoms. The number of methoxy groups -OCH3 is 1. The largest absolute Gasteiger partial charge is 0.466 e. The van der Waals surface area contributed by atoms with Crippen LogP contribution in [0.5, 0.6) is 0 Å². The SMILES string of the molecule is CCCCC(=O)C[C@H]1CCC(C)=C1C(=O)OC. The van der Waals surface area contributed by atoms with Crippen molar-refractivity contribution in [3.63, 3.8) is 0 Å². The monoisotopic (exact) mass is 238 g/mol. The van der Waals surface area contributed by atoms with Gasteiger partial charge in [0.05, 0.1) is 7.11 Å². The second-order valence-electron chi connectivity index (χ2n) is 4.77. The normalized spacial score (nSPS) is 19.6. The summed E-state index contributed by atoms with van der Waals surface area (Å²) in [5, 5.41) is 0. The minimum Gasteiger partial charge on any atom is -0.466 e. The van der Waals surface area contributed by atoms with E-state index in [4.69, 9.17) is 4.74 Å². The van der Waals surface area contributed by atoms with Crippen LogP contribution in [0.1, 0.15) is 52.4 Å². The molecule has 1 aliphatic carbocycles. The smallest absolute Gasteiger partial charge is 0.333 e. The van der Waals surface area contributed by atoms with Crippen molar-refractivity contribution >= 4 is 11.8 Å². The van der Waals surface area contributed by atoms with Gasteiger partial charge in [0.15, 0.2) is 0 Å². The van der Waals surface area contributed by atoms with Crippen molar-refractivity contribution in [2.45, 2.75) is 52.4 Å². The molecule has 0 aromatic heterocycles. The summed E-state index contributed by atoms with van der Waals surface area (Å²) in [7, 11) is 1.40. The fraction of sp³-hybridized carbons (Fsp3) is 0.714. The molecule has 96 valence electrons. The molecule has 0 aromatic rings. The Kier molecular flexibility index (Phi) is 5.39. The van der Waals surface area contributed by atoms with Gasteiger partial charge in [-0.1, -0.05) is 18.9 Å². The van der Waals surface area contributed by atoms with E-state index in [1.165, 1.54) is 7.11 Å². The third-order valence-corrected chi connectivity index (χ3v) is 3.42. The molecule has 0 N–H and O–H groups in total. The first-order valence-corrected chi connectivity index (χ1v) is 6.39. The molecule has 0 aliphatic heterocycles. The van der Waals surface area contributed by atoms with Gasteiger partial charge in [0.1, 0.15) is 5.78 Å². The molecule has 0 unspecified atom stereocenters. The molecule has 1 aliphatic rings. The first-order valence-electron chi connectivity index (χ1n) is 6.39. The molecule has 0 radical (unpaired) electrons. The quantitative estimate of drug-likeness (QED) is 0.668. The maximum Gasteiger partial charge on any atom is 0.333 e. The molecule has 0 fully saturated rings. The number of allylic oxidation sites excluding steroid dienone is 1. The van der Waals surface area contributed by atoms with E-state index in [2.05, 4.69) is 6.92 Å². The summed E-state index contributed by atoms with van der Waals surface area (Å²) < 4.78 is 4.79. The van der Waals surface area contributed by atoms with Gasteiger partial charge in [-0.05, 0) is 32.1 Å². The Morgan fingerprint density at radius 3 is 2.71 bits per heavy atom. The van der Waals surface area contributed by atoms with Gasteiger partial charge in [-0.25, -0.2) is 4.79 Å². The Labute approximate surface area is 103 Å². The van der Waals surface area contributed by atoms with Gasteiger partial charge in [0.25, 0.3) is 0 Å². The van der Waals surface area contributed by atoms with E-state index < -0.39 is 0 Å². The maximum atomic E-state index is 11.7. The van der Waals surface area contributed by atoms with Gasteiger partial charge in [-0.3, -0.25) is 4.79 Å². The summed E-state index contributed by atoms with van der Waals surface area (Å²) in [6.45, 7) is 4.04. The molecule has 0 saturated carbocycles. The highest BCUT2D eigenvalue weighted by Crippen LogP contribution is 2.35. The molecule has 0 heterocycles. The number of carbonyl (C=O) groups excluding carboxylic acids is 2. The molecule has 0 spiro atoms. The molecule has 0 aromatic carbocycles. The average molecular weight is 238 g/mol. The van der Waals surface area contributed by atoms with E-state index in [0.29, 0.717) is 12.8 Å². The van der Waals surface area contributed by atoms with Crippen molar-refractivity contribution in [3.05, 3.63) is 11.1 Å². The van der Waals surface area contributed by atoms with E-state index in [1.807, 2.05) is 6.92 Å². The van der Waals surface area contributed by atoms with Crippen LogP contribution < -0.4 is 0 Å². The Hall–Kier alpha value is -1.12. The maximum absolute atomic E-state index is 11.7. The number of rotatable bonds is 6. The van der Waals surface area contributed by atoms with Crippen molar-refractivity contribution in [3.8, 4) is 0 Å². The standard InChI is InChI=1S/C14H22O3/c1-4-5-6-12(15)9-11-8-7-10(2)13(11)14(16)17-3/h11H,4-9H2,1-3H3/t11-/m1/s1. The predicted octanol–water partition coefficient (Wildman–Crippen LogP) is 3.04. The van der Waals surface area contributed by atoms with Crippen molar-refractivity contribution in [1.29, 1.82) is 0 Å². The average Bonchev–Trinajstić information content (AvgIpc) is 2.67. The predicted molar refractivity (Wildman–Crippen MR) is 66.6 cm³/mol. The van der Waals surface area contributed by atoms with Crippen LogP contribution in [-0.2, 0) is 14.3 Å². The lowest BCUT2D eigenvalue weighted by molar-refractivity contribution is -0.136. The third kappa shape index (κ3) is 3.69. The number of ether oxygens (including phenoxy) is 1. The molecule has 1 atom stereocenters. The van der Waals surface area contributed by atoms with Crippen LogP contribution in [0, 0.1) is 5.92 Å². The Morgan fingerprint density at radius 2 is 2.12 bits per heavy atom. The second kappa shape index (κ2) is 6.58. The topological polar surface area (TPSA) is 43.4 Å². The fourth-order valence-electron chi connectivity index (χ4n) is 2.42. The molecular weight excluding hydrogens is 216 g/mol. The van der Waals surface area contributed by atoms with Gasteiger partial charge in [0, 0.05) is 18.4 Å². The number of Topliss-reactive ketones (excluding diaryl/α,β-unsaturated/α-hetero) is 1. The van der Waals surface area contributed by atoms with Crippen molar-refractivity contribution < 1.29 is 14.3 Å². The zero-order valence-electron chi connectivity index (χ0n) is 11.0. The number of hydrogen-bond donors (Lipinski definition) is 0. The van der Waals surface area contributed by atoms with E-state index in [1.54, 1.807) is 0 Å². The highest BCUT2D eigenvalue weighted by molar-refractivity contribution is 5.92. The number of hydrogen-bond acceptors (Lipinski definition) is 3. The zero-order valence-corrected chi connectivity index (χ0v) is 11.0. The summed E-state index contributed by atoms with van der Waals surface area (Å²) in [5.74, 6) is 0.105. The van der Waals surface area contributed by atoms with Crippen molar-refractivity contribution in [1.82, 2.24) is 0 Å². The Bertz CT molecular complexity index is 328. The summed E-state index contributed by atoms with van der Waals surface area (Å²) in [4.78, 5) is 23.4. The highest BCUT2D eigenvalue weighted by Gasteiger charge is 2.30. The molecule has 0 amide bonds. The summed E-state index contributed by atoms with van der Waals surface area (Å²) >= 11 is 0. The van der Waals surface area contributed by atoms with E-state index in [9.17, 15) is 9.59 Å². The van der Waals surface area contributed by atoms with Crippen LogP contribution in [0.25, 0.3) is 0 Å². The molecule has 3 heteroatoms.